The van der Waals surface area contributed by atoms with E-state index in [1.54, 1.807) is 12.1 Å². The van der Waals surface area contributed by atoms with Crippen molar-refractivity contribution in [2.75, 3.05) is 6.61 Å². The third-order valence-corrected chi connectivity index (χ3v) is 3.56. The molecule has 1 aliphatic heterocycles. The fourth-order valence-corrected chi connectivity index (χ4v) is 2.41. The first-order valence-corrected chi connectivity index (χ1v) is 7.00. The number of aryl methyl sites for hydroxylation is 1. The predicted molar refractivity (Wildman–Crippen MR) is 80.9 cm³/mol. The van der Waals surface area contributed by atoms with Crippen molar-refractivity contribution in [1.82, 2.24) is 0 Å². The van der Waals surface area contributed by atoms with Gasteiger partial charge in [0.15, 0.2) is 11.5 Å². The molecule has 3 rings (SSSR count). The fraction of sp³-hybridized carbons (Fsp3) is 0.188. The van der Waals surface area contributed by atoms with E-state index in [0.29, 0.717) is 12.8 Å². The molecule has 0 amide bonds. The maximum Gasteiger partial charge on any atom is 0.505 e. The number of ether oxygens (including phenoxy) is 2. The summed E-state index contributed by atoms with van der Waals surface area (Å²) in [7, 11) is 0. The number of rotatable bonds is 6. The first kappa shape index (κ1) is 14.8. The molecule has 1 aliphatic rings. The van der Waals surface area contributed by atoms with E-state index in [1.165, 1.54) is 12.1 Å². The molecule has 0 aromatic heterocycles. The second-order valence-electron chi connectivity index (χ2n) is 5.05. The number of nitrogens with zero attached hydrogens (tertiary/aromatic N) is 1. The molecule has 2 aromatic rings. The maximum absolute atomic E-state index is 10.7. The van der Waals surface area contributed by atoms with Gasteiger partial charge in [-0.15, -0.1) is 0 Å². The van der Waals surface area contributed by atoms with Gasteiger partial charge in [-0.25, -0.2) is 4.79 Å². The van der Waals surface area contributed by atoms with Crippen LogP contribution in [0.4, 0.5) is 10.5 Å². The summed E-state index contributed by atoms with van der Waals surface area (Å²) in [5.41, 5.74) is 2.79. The van der Waals surface area contributed by atoms with Crippen LogP contribution >= 0.6 is 0 Å². The highest BCUT2D eigenvalue weighted by Gasteiger charge is 2.29. The number of fused-ring (bicyclic) bond motifs is 1. The van der Waals surface area contributed by atoms with Crippen LogP contribution < -0.4 is 4.74 Å². The zero-order valence-electron chi connectivity index (χ0n) is 12.0. The molecule has 1 N–H and O–H groups in total. The first-order valence-electron chi connectivity index (χ1n) is 7.00. The average molecular weight is 315 g/mol. The highest BCUT2D eigenvalue weighted by Crippen LogP contribution is 2.54. The Bertz CT molecular complexity index is 769. The SMILES string of the molecule is O=C(O)OCCCc1ccc(-c2ccc([N+](=O)[O-])cc2)c2c1O2. The van der Waals surface area contributed by atoms with Gasteiger partial charge in [0.2, 0.25) is 0 Å². The lowest BCUT2D eigenvalue weighted by atomic mass is 10.0. The molecule has 0 fully saturated rings. The molecule has 7 heteroatoms. The maximum atomic E-state index is 10.7. The number of hydrogen-bond donors (Lipinski definition) is 1. The van der Waals surface area contributed by atoms with Crippen molar-refractivity contribution in [3.05, 3.63) is 52.1 Å². The second kappa shape index (κ2) is 5.96. The zero-order chi connectivity index (χ0) is 16.4. The van der Waals surface area contributed by atoms with Crippen LogP contribution in [0.1, 0.15) is 12.0 Å². The van der Waals surface area contributed by atoms with Gasteiger partial charge in [0.05, 0.1) is 11.5 Å². The molecular weight excluding hydrogens is 302 g/mol. The monoisotopic (exact) mass is 315 g/mol. The van der Waals surface area contributed by atoms with E-state index in [9.17, 15) is 14.9 Å². The quantitative estimate of drug-likeness (QED) is 0.242. The fourth-order valence-electron chi connectivity index (χ4n) is 2.41. The Morgan fingerprint density at radius 2 is 1.91 bits per heavy atom. The van der Waals surface area contributed by atoms with Crippen LogP contribution in [-0.2, 0) is 11.2 Å². The summed E-state index contributed by atoms with van der Waals surface area (Å²) in [5, 5.41) is 19.1. The van der Waals surface area contributed by atoms with Gasteiger partial charge in [0.1, 0.15) is 0 Å². The van der Waals surface area contributed by atoms with E-state index >= 15 is 0 Å². The third-order valence-electron chi connectivity index (χ3n) is 3.56. The van der Waals surface area contributed by atoms with Crippen LogP contribution in [0.15, 0.2) is 36.4 Å². The molecule has 0 spiro atoms. The Morgan fingerprint density at radius 1 is 1.17 bits per heavy atom. The summed E-state index contributed by atoms with van der Waals surface area (Å²) in [5.74, 6) is 1.58. The molecule has 1 heterocycles. The number of non-ortho nitro benzene ring substituents is 1. The van der Waals surface area contributed by atoms with E-state index in [4.69, 9.17) is 9.84 Å². The molecule has 118 valence electrons. The van der Waals surface area contributed by atoms with Crippen molar-refractivity contribution in [2.24, 2.45) is 0 Å². The number of benzene rings is 2. The first-order chi connectivity index (χ1) is 11.1. The molecule has 0 saturated carbocycles. The van der Waals surface area contributed by atoms with Gasteiger partial charge in [-0.2, -0.15) is 0 Å². The number of nitro groups is 1. The third kappa shape index (κ3) is 3.23. The molecule has 0 saturated heterocycles. The zero-order valence-corrected chi connectivity index (χ0v) is 12.0. The largest absolute Gasteiger partial charge is 0.505 e. The Balaban J connectivity index is 1.70. The van der Waals surface area contributed by atoms with E-state index in [-0.39, 0.29) is 12.3 Å². The minimum atomic E-state index is -1.27. The van der Waals surface area contributed by atoms with Gasteiger partial charge in [0.25, 0.3) is 5.69 Å². The summed E-state index contributed by atoms with van der Waals surface area (Å²) < 4.78 is 9.98. The van der Waals surface area contributed by atoms with Crippen molar-refractivity contribution in [3.63, 3.8) is 0 Å². The summed E-state index contributed by atoms with van der Waals surface area (Å²) in [6, 6.07) is 10.1. The van der Waals surface area contributed by atoms with E-state index in [2.05, 4.69) is 4.74 Å². The van der Waals surface area contributed by atoms with Crippen molar-refractivity contribution >= 4 is 11.8 Å². The van der Waals surface area contributed by atoms with E-state index < -0.39 is 11.1 Å². The predicted octanol–water partition coefficient (Wildman–Crippen LogP) is 3.99. The molecule has 2 aromatic carbocycles. The van der Waals surface area contributed by atoms with Crippen LogP contribution in [0.2, 0.25) is 0 Å². The average Bonchev–Trinajstić information content (AvgIpc) is 3.32. The minimum absolute atomic E-state index is 0.0470. The van der Waals surface area contributed by atoms with Gasteiger partial charge in [-0.3, -0.25) is 10.1 Å². The van der Waals surface area contributed by atoms with Gasteiger partial charge < -0.3 is 14.6 Å². The van der Waals surface area contributed by atoms with Crippen LogP contribution in [0.25, 0.3) is 11.1 Å². The Morgan fingerprint density at radius 3 is 2.57 bits per heavy atom. The topological polar surface area (TPSA) is 102 Å². The lowest BCUT2D eigenvalue weighted by Crippen LogP contribution is -2.02. The lowest BCUT2D eigenvalue weighted by Gasteiger charge is -2.01. The Hall–Kier alpha value is -3.09. The minimum Gasteiger partial charge on any atom is -0.450 e. The summed E-state index contributed by atoms with van der Waals surface area (Å²) in [6.07, 6.45) is -0.0275. The van der Waals surface area contributed by atoms with Gasteiger partial charge in [0, 0.05) is 17.7 Å². The van der Waals surface area contributed by atoms with Gasteiger partial charge in [-0.1, -0.05) is 12.1 Å². The molecule has 0 aliphatic carbocycles. The van der Waals surface area contributed by atoms with E-state index in [0.717, 1.165) is 28.2 Å². The summed E-state index contributed by atoms with van der Waals surface area (Å²) in [4.78, 5) is 20.5. The number of carbonyl (C=O) groups is 1. The van der Waals surface area contributed by atoms with Gasteiger partial charge >= 0.3 is 6.16 Å². The van der Waals surface area contributed by atoms with Crippen LogP contribution in [0, 0.1) is 10.1 Å². The summed E-state index contributed by atoms with van der Waals surface area (Å²) >= 11 is 0. The van der Waals surface area contributed by atoms with Gasteiger partial charge in [-0.05, 0) is 36.1 Å². The molecule has 0 radical (unpaired) electrons. The van der Waals surface area contributed by atoms with Crippen molar-refractivity contribution in [2.45, 2.75) is 12.8 Å². The highest BCUT2D eigenvalue weighted by molar-refractivity contribution is 5.81. The Labute approximate surface area is 131 Å². The molecule has 0 atom stereocenters. The molecule has 0 bridgehead atoms. The van der Waals surface area contributed by atoms with Crippen LogP contribution in [0.3, 0.4) is 0 Å². The van der Waals surface area contributed by atoms with Crippen molar-refractivity contribution in [1.29, 1.82) is 0 Å². The van der Waals surface area contributed by atoms with E-state index in [1.807, 2.05) is 12.1 Å². The highest BCUT2D eigenvalue weighted by atomic mass is 16.7. The smallest absolute Gasteiger partial charge is 0.450 e. The number of hydrogen-bond acceptors (Lipinski definition) is 5. The second-order valence-corrected chi connectivity index (χ2v) is 5.05. The molecular formula is C16H13NO6. The Kier molecular flexibility index (Phi) is 3.84. The van der Waals surface area contributed by atoms with Crippen molar-refractivity contribution in [3.8, 4) is 22.6 Å². The molecule has 0 unspecified atom stereocenters. The van der Waals surface area contributed by atoms with Crippen LogP contribution in [-0.4, -0.2) is 22.8 Å². The number of carboxylic acid groups (broad SMARTS) is 1. The van der Waals surface area contributed by atoms with Crippen LogP contribution in [0.5, 0.6) is 11.5 Å². The van der Waals surface area contributed by atoms with Crippen molar-refractivity contribution < 1.29 is 24.3 Å². The standard InChI is InChI=1S/C16H13NO6/c18-16(19)22-9-1-2-11-5-8-13(15-14(11)23-15)10-3-6-12(7-4-10)17(20)21/h3-8H,1-2,9H2,(H,18,19). The molecule has 23 heavy (non-hydrogen) atoms. The summed E-state index contributed by atoms with van der Waals surface area (Å²) in [6.45, 7) is 0.147. The lowest BCUT2D eigenvalue weighted by molar-refractivity contribution is -0.384. The number of nitro benzene ring substituents is 1. The normalized spacial score (nSPS) is 11.3. The molecule has 7 nitrogen and oxygen atoms in total.